The molecule has 0 fully saturated rings. The van der Waals surface area contributed by atoms with Crippen molar-refractivity contribution in [2.45, 2.75) is 33.7 Å². The topological polar surface area (TPSA) is 80.2 Å². The molecule has 26 heavy (non-hydrogen) atoms. The van der Waals surface area contributed by atoms with E-state index in [1.807, 2.05) is 6.92 Å². The van der Waals surface area contributed by atoms with Gasteiger partial charge >= 0.3 is 0 Å². The second kappa shape index (κ2) is 8.99. The monoisotopic (exact) mass is 355 g/mol. The summed E-state index contributed by atoms with van der Waals surface area (Å²) in [6, 6.07) is 9.83. The molecular weight excluding hydrogens is 330 g/mol. The molecule has 1 heterocycles. The van der Waals surface area contributed by atoms with Crippen LogP contribution in [-0.4, -0.2) is 22.9 Å². The molecule has 2 amide bonds. The highest BCUT2D eigenvalue weighted by Gasteiger charge is 2.08. The molecule has 0 atom stereocenters. The molecule has 0 aliphatic carbocycles. The van der Waals surface area contributed by atoms with Crippen LogP contribution >= 0.6 is 0 Å². The first kappa shape index (κ1) is 19.4. The molecule has 0 saturated carbocycles. The zero-order chi connectivity index (χ0) is 19.1. The smallest absolute Gasteiger partial charge is 0.251 e. The van der Waals surface area contributed by atoms with Crippen LogP contribution in [0.2, 0.25) is 0 Å². The quantitative estimate of drug-likeness (QED) is 0.801. The van der Waals surface area contributed by atoms with Crippen molar-refractivity contribution in [1.82, 2.24) is 9.88 Å². The Balaban J connectivity index is 1.92. The van der Waals surface area contributed by atoms with E-state index in [1.165, 1.54) is 10.6 Å². The van der Waals surface area contributed by atoms with Crippen LogP contribution in [0.1, 0.15) is 36.2 Å². The molecule has 2 rings (SSSR count). The fraction of sp³-hybridized carbons (Fsp3) is 0.350. The zero-order valence-corrected chi connectivity index (χ0v) is 15.4. The van der Waals surface area contributed by atoms with E-state index in [9.17, 15) is 14.4 Å². The molecule has 0 unspecified atom stereocenters. The van der Waals surface area contributed by atoms with E-state index in [1.54, 1.807) is 36.5 Å². The van der Waals surface area contributed by atoms with Crippen LogP contribution in [0, 0.1) is 12.8 Å². The molecule has 6 heteroatoms. The van der Waals surface area contributed by atoms with Gasteiger partial charge in [-0.15, -0.1) is 0 Å². The lowest BCUT2D eigenvalue weighted by atomic mass is 10.1. The summed E-state index contributed by atoms with van der Waals surface area (Å²) in [5.41, 5.74) is 1.81. The van der Waals surface area contributed by atoms with Gasteiger partial charge in [-0.2, -0.15) is 0 Å². The van der Waals surface area contributed by atoms with Crippen molar-refractivity contribution >= 4 is 17.5 Å². The minimum Gasteiger partial charge on any atom is -0.352 e. The number of aryl methyl sites for hydroxylation is 1. The van der Waals surface area contributed by atoms with E-state index in [0.29, 0.717) is 23.7 Å². The predicted octanol–water partition coefficient (Wildman–Crippen LogP) is 2.57. The maximum absolute atomic E-state index is 12.1. The van der Waals surface area contributed by atoms with Gasteiger partial charge in [0.2, 0.25) is 5.91 Å². The molecule has 2 N–H and O–H groups in total. The van der Waals surface area contributed by atoms with Gasteiger partial charge in [-0.05, 0) is 49.1 Å². The first-order chi connectivity index (χ1) is 12.3. The van der Waals surface area contributed by atoms with Crippen LogP contribution in [-0.2, 0) is 11.3 Å². The summed E-state index contributed by atoms with van der Waals surface area (Å²) in [7, 11) is 0. The van der Waals surface area contributed by atoms with E-state index in [0.717, 1.165) is 12.0 Å². The summed E-state index contributed by atoms with van der Waals surface area (Å²) < 4.78 is 1.36. The molecule has 0 bridgehead atoms. The molecule has 0 aliphatic heterocycles. The van der Waals surface area contributed by atoms with E-state index in [4.69, 9.17) is 0 Å². The van der Waals surface area contributed by atoms with Gasteiger partial charge in [0.15, 0.2) is 0 Å². The minimum atomic E-state index is -0.299. The number of amides is 2. The number of pyridine rings is 1. The number of hydrogen-bond acceptors (Lipinski definition) is 3. The number of carbonyl (C=O) groups excluding carboxylic acids is 2. The molecule has 0 spiro atoms. The Hall–Kier alpha value is -2.89. The number of nitrogens with one attached hydrogen (secondary N) is 2. The summed E-state index contributed by atoms with van der Waals surface area (Å²) in [5.74, 6) is 0.107. The van der Waals surface area contributed by atoms with Gasteiger partial charge in [-0.3, -0.25) is 14.4 Å². The minimum absolute atomic E-state index is 0.0576. The molecular formula is C20H25N3O3. The number of carbonyl (C=O) groups is 2. The lowest BCUT2D eigenvalue weighted by Crippen LogP contribution is -2.27. The maximum Gasteiger partial charge on any atom is 0.251 e. The fourth-order valence-electron chi connectivity index (χ4n) is 2.41. The third-order valence-corrected chi connectivity index (χ3v) is 3.88. The number of nitrogens with zero attached hydrogens (tertiary/aromatic N) is 1. The van der Waals surface area contributed by atoms with Crippen LogP contribution in [0.15, 0.2) is 47.4 Å². The Kier molecular flexibility index (Phi) is 6.72. The Labute approximate surface area is 153 Å². The van der Waals surface area contributed by atoms with Gasteiger partial charge in [0.25, 0.3) is 11.5 Å². The highest BCUT2D eigenvalue weighted by molar-refractivity contribution is 5.95. The van der Waals surface area contributed by atoms with Crippen molar-refractivity contribution in [3.63, 3.8) is 0 Å². The molecule has 1 aromatic heterocycles. The maximum atomic E-state index is 12.1. The first-order valence-electron chi connectivity index (χ1n) is 8.70. The number of hydrogen-bond donors (Lipinski definition) is 2. The Morgan fingerprint density at radius 1 is 1.08 bits per heavy atom. The van der Waals surface area contributed by atoms with Crippen LogP contribution < -0.4 is 16.2 Å². The van der Waals surface area contributed by atoms with Gasteiger partial charge in [-0.25, -0.2) is 0 Å². The average Bonchev–Trinajstić information content (AvgIpc) is 2.58. The van der Waals surface area contributed by atoms with E-state index in [-0.39, 0.29) is 23.9 Å². The van der Waals surface area contributed by atoms with Crippen molar-refractivity contribution < 1.29 is 9.59 Å². The SMILES string of the molecule is Cc1ccc(=O)n(CC(=O)Nc2ccc(C(=O)NCCC(C)C)cc2)c1. The van der Waals surface area contributed by atoms with Crippen molar-refractivity contribution in [2.24, 2.45) is 5.92 Å². The van der Waals surface area contributed by atoms with Gasteiger partial charge < -0.3 is 15.2 Å². The number of benzene rings is 1. The average molecular weight is 355 g/mol. The number of anilines is 1. The highest BCUT2D eigenvalue weighted by Crippen LogP contribution is 2.10. The summed E-state index contributed by atoms with van der Waals surface area (Å²) in [4.78, 5) is 35.9. The predicted molar refractivity (Wildman–Crippen MR) is 102 cm³/mol. The van der Waals surface area contributed by atoms with Crippen LogP contribution in [0.5, 0.6) is 0 Å². The molecule has 0 aliphatic rings. The first-order valence-corrected chi connectivity index (χ1v) is 8.70. The second-order valence-electron chi connectivity index (χ2n) is 6.74. The van der Waals surface area contributed by atoms with E-state index in [2.05, 4.69) is 24.5 Å². The van der Waals surface area contributed by atoms with Crippen molar-refractivity contribution in [1.29, 1.82) is 0 Å². The molecule has 0 saturated heterocycles. The zero-order valence-electron chi connectivity index (χ0n) is 15.4. The molecule has 138 valence electrons. The largest absolute Gasteiger partial charge is 0.352 e. The van der Waals surface area contributed by atoms with E-state index < -0.39 is 0 Å². The van der Waals surface area contributed by atoms with Crippen molar-refractivity contribution in [3.05, 3.63) is 64.1 Å². The van der Waals surface area contributed by atoms with Gasteiger partial charge in [0, 0.05) is 30.1 Å². The standard InChI is InChI=1S/C20H25N3O3/c1-14(2)10-11-21-20(26)16-5-7-17(8-6-16)22-18(24)13-23-12-15(3)4-9-19(23)25/h4-9,12,14H,10-11,13H2,1-3H3,(H,21,26)(H,22,24). The van der Waals surface area contributed by atoms with Gasteiger partial charge in [0.1, 0.15) is 6.54 Å². The van der Waals surface area contributed by atoms with Crippen molar-refractivity contribution in [3.8, 4) is 0 Å². The number of rotatable bonds is 7. The van der Waals surface area contributed by atoms with E-state index >= 15 is 0 Å². The molecule has 6 nitrogen and oxygen atoms in total. The van der Waals surface area contributed by atoms with Gasteiger partial charge in [0.05, 0.1) is 0 Å². The molecule has 0 radical (unpaired) electrons. The van der Waals surface area contributed by atoms with Crippen molar-refractivity contribution in [2.75, 3.05) is 11.9 Å². The lowest BCUT2D eigenvalue weighted by molar-refractivity contribution is -0.116. The Morgan fingerprint density at radius 3 is 2.42 bits per heavy atom. The third-order valence-electron chi connectivity index (χ3n) is 3.88. The number of aromatic nitrogens is 1. The third kappa shape index (κ3) is 5.88. The van der Waals surface area contributed by atoms with Crippen LogP contribution in [0.4, 0.5) is 5.69 Å². The lowest BCUT2D eigenvalue weighted by Gasteiger charge is -2.09. The molecule has 2 aromatic rings. The summed E-state index contributed by atoms with van der Waals surface area (Å²) >= 11 is 0. The Morgan fingerprint density at radius 2 is 1.77 bits per heavy atom. The summed E-state index contributed by atoms with van der Waals surface area (Å²) in [5, 5.41) is 5.60. The normalized spacial score (nSPS) is 10.6. The fourth-order valence-corrected chi connectivity index (χ4v) is 2.41. The second-order valence-corrected chi connectivity index (χ2v) is 6.74. The van der Waals surface area contributed by atoms with Gasteiger partial charge in [-0.1, -0.05) is 19.9 Å². The highest BCUT2D eigenvalue weighted by atomic mass is 16.2. The van der Waals surface area contributed by atoms with Crippen LogP contribution in [0.3, 0.4) is 0 Å². The van der Waals surface area contributed by atoms with Crippen LogP contribution in [0.25, 0.3) is 0 Å². The molecule has 1 aromatic carbocycles. The summed E-state index contributed by atoms with van der Waals surface area (Å²) in [6.45, 7) is 6.65. The Bertz CT molecular complexity index is 823. The summed E-state index contributed by atoms with van der Waals surface area (Å²) in [6.07, 6.45) is 2.57.